The van der Waals surface area contributed by atoms with Gasteiger partial charge in [0.25, 0.3) is 0 Å². The minimum absolute atomic E-state index is 0.134. The summed E-state index contributed by atoms with van der Waals surface area (Å²) in [6, 6.07) is 0.683. The van der Waals surface area contributed by atoms with Crippen molar-refractivity contribution in [2.45, 2.75) is 30.7 Å². The van der Waals surface area contributed by atoms with Gasteiger partial charge in [0.05, 0.1) is 0 Å². The molecule has 1 aromatic heterocycles. The number of carboxylic acid groups (broad SMARTS) is 1. The highest BCUT2D eigenvalue weighted by atomic mass is 32.2. The van der Waals surface area contributed by atoms with Crippen molar-refractivity contribution in [2.24, 2.45) is 0 Å². The molecule has 10 heteroatoms. The van der Waals surface area contributed by atoms with E-state index >= 15 is 0 Å². The summed E-state index contributed by atoms with van der Waals surface area (Å²) in [7, 11) is -4.09. The second kappa shape index (κ2) is 6.39. The number of nitrogens with one attached hydrogen (secondary N) is 1. The van der Waals surface area contributed by atoms with Gasteiger partial charge in [-0.2, -0.15) is 4.72 Å². The number of aliphatic carboxylic acids is 1. The average Bonchev–Trinajstić information content (AvgIpc) is 2.38. The Balaban J connectivity index is 2.98. The zero-order valence-electron chi connectivity index (χ0n) is 10.5. The van der Waals surface area contributed by atoms with E-state index in [1.165, 1.54) is 0 Å². The number of carbonyl (C=O) groups is 1. The van der Waals surface area contributed by atoms with Crippen molar-refractivity contribution in [1.29, 1.82) is 0 Å². The lowest BCUT2D eigenvalue weighted by Gasteiger charge is -2.13. The van der Waals surface area contributed by atoms with Crippen molar-refractivity contribution in [1.82, 2.24) is 9.71 Å². The van der Waals surface area contributed by atoms with Crippen LogP contribution in [0.4, 0.5) is 5.82 Å². The molecule has 0 fully saturated rings. The van der Waals surface area contributed by atoms with Crippen molar-refractivity contribution in [2.75, 3.05) is 0 Å². The molecule has 2 N–H and O–H groups in total. The molecule has 0 saturated heterocycles. The van der Waals surface area contributed by atoms with Gasteiger partial charge in [-0.25, -0.2) is 8.42 Å². The van der Waals surface area contributed by atoms with Gasteiger partial charge in [-0.15, -0.1) is 0 Å². The Morgan fingerprint density at radius 2 is 2.20 bits per heavy atom. The average molecular weight is 303 g/mol. The SMILES string of the molecule is CCCC(NS(=O)(=O)c1ccc([N+](=O)[O-])nc1)C(=O)O. The Morgan fingerprint density at radius 3 is 2.60 bits per heavy atom. The largest absolute Gasteiger partial charge is 0.480 e. The van der Waals surface area contributed by atoms with E-state index in [0.717, 1.165) is 18.3 Å². The van der Waals surface area contributed by atoms with Gasteiger partial charge < -0.3 is 15.2 Å². The van der Waals surface area contributed by atoms with Gasteiger partial charge in [0.2, 0.25) is 10.0 Å². The number of aromatic nitrogens is 1. The first-order chi connectivity index (χ1) is 9.27. The van der Waals surface area contributed by atoms with E-state index in [4.69, 9.17) is 5.11 Å². The van der Waals surface area contributed by atoms with E-state index in [1.807, 2.05) is 4.72 Å². The molecular weight excluding hydrogens is 290 g/mol. The third-order valence-electron chi connectivity index (χ3n) is 2.39. The van der Waals surface area contributed by atoms with Gasteiger partial charge in [-0.1, -0.05) is 13.3 Å². The molecule has 0 saturated carbocycles. The molecule has 1 rings (SSSR count). The smallest absolute Gasteiger partial charge is 0.363 e. The number of hydrogen-bond donors (Lipinski definition) is 2. The Morgan fingerprint density at radius 1 is 1.55 bits per heavy atom. The van der Waals surface area contributed by atoms with Gasteiger partial charge in [-0.3, -0.25) is 4.79 Å². The zero-order valence-corrected chi connectivity index (χ0v) is 11.3. The molecule has 20 heavy (non-hydrogen) atoms. The summed E-state index contributed by atoms with van der Waals surface area (Å²) >= 11 is 0. The van der Waals surface area contributed by atoms with Crippen molar-refractivity contribution in [3.63, 3.8) is 0 Å². The highest BCUT2D eigenvalue weighted by Gasteiger charge is 2.26. The number of carboxylic acids is 1. The lowest BCUT2D eigenvalue weighted by atomic mass is 10.2. The van der Waals surface area contributed by atoms with Crippen molar-refractivity contribution < 1.29 is 23.2 Å². The van der Waals surface area contributed by atoms with E-state index in [9.17, 15) is 23.3 Å². The van der Waals surface area contributed by atoms with Crippen LogP contribution in [0.25, 0.3) is 0 Å². The Hall–Kier alpha value is -2.07. The maximum atomic E-state index is 11.9. The van der Waals surface area contributed by atoms with Crippen molar-refractivity contribution in [3.8, 4) is 0 Å². The highest BCUT2D eigenvalue weighted by molar-refractivity contribution is 7.89. The quantitative estimate of drug-likeness (QED) is 0.552. The number of nitrogens with zero attached hydrogens (tertiary/aromatic N) is 2. The summed E-state index contributed by atoms with van der Waals surface area (Å²) in [5, 5.41) is 19.3. The zero-order chi connectivity index (χ0) is 15.3. The van der Waals surface area contributed by atoms with E-state index in [0.29, 0.717) is 6.42 Å². The molecule has 0 radical (unpaired) electrons. The van der Waals surface area contributed by atoms with Crippen LogP contribution < -0.4 is 4.72 Å². The van der Waals surface area contributed by atoms with Crippen molar-refractivity contribution >= 4 is 21.8 Å². The van der Waals surface area contributed by atoms with Crippen LogP contribution in [0.1, 0.15) is 19.8 Å². The molecule has 1 aromatic rings. The first kappa shape index (κ1) is 16.0. The van der Waals surface area contributed by atoms with Crippen LogP contribution in [-0.4, -0.2) is 35.4 Å². The third kappa shape index (κ3) is 3.96. The lowest BCUT2D eigenvalue weighted by Crippen LogP contribution is -2.40. The predicted molar refractivity (Wildman–Crippen MR) is 67.5 cm³/mol. The van der Waals surface area contributed by atoms with Crippen LogP contribution in [0.15, 0.2) is 23.2 Å². The minimum Gasteiger partial charge on any atom is -0.480 e. The standard InChI is InChI=1S/C10H13N3O6S/c1-2-3-8(10(14)15)12-20(18,19)7-4-5-9(11-6-7)13(16)17/h4-6,8,12H,2-3H2,1H3,(H,14,15). The summed E-state index contributed by atoms with van der Waals surface area (Å²) in [6.45, 7) is 1.72. The maximum absolute atomic E-state index is 11.9. The van der Waals surface area contributed by atoms with Gasteiger partial charge in [0.1, 0.15) is 10.9 Å². The van der Waals surface area contributed by atoms with Gasteiger partial charge >= 0.3 is 11.8 Å². The van der Waals surface area contributed by atoms with Crippen molar-refractivity contribution in [3.05, 3.63) is 28.4 Å². The maximum Gasteiger partial charge on any atom is 0.363 e. The fourth-order valence-electron chi connectivity index (χ4n) is 1.42. The predicted octanol–water partition coefficient (Wildman–Crippen LogP) is 0.521. The number of nitro groups is 1. The fraction of sp³-hybridized carbons (Fsp3) is 0.400. The minimum atomic E-state index is -4.09. The van der Waals surface area contributed by atoms with Gasteiger partial charge in [0, 0.05) is 6.07 Å². The molecule has 0 aromatic carbocycles. The molecule has 0 spiro atoms. The number of hydrogen-bond acceptors (Lipinski definition) is 6. The Bertz CT molecular complexity index is 598. The van der Waals surface area contributed by atoms with E-state index in [-0.39, 0.29) is 11.3 Å². The second-order valence-corrected chi connectivity index (χ2v) is 5.62. The van der Waals surface area contributed by atoms with Gasteiger partial charge in [0.15, 0.2) is 6.20 Å². The first-order valence-corrected chi connectivity index (χ1v) is 7.12. The number of pyridine rings is 1. The molecule has 1 atom stereocenters. The van der Waals surface area contributed by atoms with Crippen LogP contribution in [0, 0.1) is 10.1 Å². The van der Waals surface area contributed by atoms with E-state index in [1.54, 1.807) is 6.92 Å². The van der Waals surface area contributed by atoms with Crippen LogP contribution in [0.5, 0.6) is 0 Å². The molecule has 0 amide bonds. The molecule has 9 nitrogen and oxygen atoms in total. The Labute approximate surface area is 114 Å². The van der Waals surface area contributed by atoms with Crippen LogP contribution in [0.3, 0.4) is 0 Å². The number of rotatable bonds is 7. The molecule has 0 aliphatic rings. The molecular formula is C10H13N3O6S. The highest BCUT2D eigenvalue weighted by Crippen LogP contribution is 2.13. The van der Waals surface area contributed by atoms with Crippen LogP contribution >= 0.6 is 0 Å². The monoisotopic (exact) mass is 303 g/mol. The summed E-state index contributed by atoms with van der Waals surface area (Å²) in [5.41, 5.74) is 0. The fourth-order valence-corrected chi connectivity index (χ4v) is 2.58. The van der Waals surface area contributed by atoms with Gasteiger partial charge in [-0.05, 0) is 22.4 Å². The Kier molecular flexibility index (Phi) is 5.11. The molecule has 1 heterocycles. The molecule has 0 bridgehead atoms. The van der Waals surface area contributed by atoms with E-state index in [2.05, 4.69) is 4.98 Å². The van der Waals surface area contributed by atoms with E-state index < -0.39 is 32.8 Å². The third-order valence-corrected chi connectivity index (χ3v) is 3.85. The number of sulfonamides is 1. The summed E-state index contributed by atoms with van der Waals surface area (Å²) in [4.78, 5) is 23.6. The second-order valence-electron chi connectivity index (χ2n) is 3.91. The summed E-state index contributed by atoms with van der Waals surface area (Å²) in [6.07, 6.45) is 1.43. The van der Waals surface area contributed by atoms with Crippen LogP contribution in [0.2, 0.25) is 0 Å². The normalized spacial score (nSPS) is 12.8. The lowest BCUT2D eigenvalue weighted by molar-refractivity contribution is -0.389. The first-order valence-electron chi connectivity index (χ1n) is 5.63. The molecule has 110 valence electrons. The van der Waals surface area contributed by atoms with Crippen LogP contribution in [-0.2, 0) is 14.8 Å². The topological polar surface area (TPSA) is 140 Å². The molecule has 1 unspecified atom stereocenters. The molecule has 0 aliphatic heterocycles. The summed E-state index contributed by atoms with van der Waals surface area (Å²) in [5.74, 6) is -1.78. The molecule has 0 aliphatic carbocycles. The summed E-state index contributed by atoms with van der Waals surface area (Å²) < 4.78 is 25.9.